The van der Waals surface area contributed by atoms with E-state index in [1.807, 2.05) is 25.7 Å². The van der Waals surface area contributed by atoms with E-state index in [4.69, 9.17) is 4.74 Å². The maximum atomic E-state index is 12.1. The Morgan fingerprint density at radius 2 is 1.09 bits per heavy atom. The molecule has 4 aliphatic rings. The Bertz CT molecular complexity index is 595. The number of carbonyl (C=O) groups is 1. The van der Waals surface area contributed by atoms with Gasteiger partial charge in [-0.25, -0.2) is 4.79 Å². The zero-order chi connectivity index (χ0) is 25.3. The molecule has 7 heteroatoms. The van der Waals surface area contributed by atoms with Crippen molar-refractivity contribution in [1.82, 2.24) is 24.5 Å². The topological polar surface area (TPSA) is 42.5 Å². The van der Waals surface area contributed by atoms with Gasteiger partial charge in [0.25, 0.3) is 0 Å². The van der Waals surface area contributed by atoms with Crippen LogP contribution in [0.1, 0.15) is 79.6 Å². The van der Waals surface area contributed by atoms with Crippen LogP contribution in [-0.2, 0) is 4.74 Å². The van der Waals surface area contributed by atoms with Crippen LogP contribution in [0.3, 0.4) is 0 Å². The SMILES string of the molecule is CCN1CCC(N2CCCCC2)CC1.CCN1CCC(N2CCN(C(=O)OC(C)(C)C)CC2)CC1. The lowest BCUT2D eigenvalue weighted by atomic mass is 10.00. The minimum Gasteiger partial charge on any atom is -0.444 e. The van der Waals surface area contributed by atoms with Crippen LogP contribution < -0.4 is 0 Å². The molecule has 4 saturated heterocycles. The van der Waals surface area contributed by atoms with Crippen LogP contribution in [0.15, 0.2) is 0 Å². The molecule has 4 fully saturated rings. The van der Waals surface area contributed by atoms with Gasteiger partial charge in [-0.15, -0.1) is 0 Å². The van der Waals surface area contributed by atoms with Gasteiger partial charge in [-0.1, -0.05) is 20.3 Å². The Morgan fingerprint density at radius 1 is 0.657 bits per heavy atom. The number of amides is 1. The molecule has 1 amide bonds. The lowest BCUT2D eigenvalue weighted by Gasteiger charge is -2.42. The lowest BCUT2D eigenvalue weighted by Crippen LogP contribution is -2.54. The van der Waals surface area contributed by atoms with Gasteiger partial charge in [0.15, 0.2) is 0 Å². The minimum atomic E-state index is -0.402. The predicted octanol–water partition coefficient (Wildman–Crippen LogP) is 3.98. The van der Waals surface area contributed by atoms with E-state index in [-0.39, 0.29) is 6.09 Å². The summed E-state index contributed by atoms with van der Waals surface area (Å²) < 4.78 is 5.45. The molecule has 0 aromatic carbocycles. The number of rotatable bonds is 4. The second kappa shape index (κ2) is 14.2. The van der Waals surface area contributed by atoms with Crippen molar-refractivity contribution in [3.63, 3.8) is 0 Å². The van der Waals surface area contributed by atoms with Crippen LogP contribution in [0.2, 0.25) is 0 Å². The van der Waals surface area contributed by atoms with Crippen LogP contribution in [0.5, 0.6) is 0 Å². The van der Waals surface area contributed by atoms with Gasteiger partial charge < -0.3 is 24.3 Å². The normalized spacial score (nSPS) is 25.2. The van der Waals surface area contributed by atoms with Gasteiger partial charge >= 0.3 is 6.09 Å². The molecule has 0 radical (unpaired) electrons. The van der Waals surface area contributed by atoms with E-state index in [2.05, 4.69) is 33.4 Å². The molecular weight excluding hydrogens is 438 g/mol. The molecule has 0 saturated carbocycles. The summed E-state index contributed by atoms with van der Waals surface area (Å²) in [6.07, 6.45) is 9.53. The monoisotopic (exact) mass is 493 g/mol. The molecule has 0 bridgehead atoms. The van der Waals surface area contributed by atoms with Crippen molar-refractivity contribution >= 4 is 6.09 Å². The van der Waals surface area contributed by atoms with Gasteiger partial charge in [-0.3, -0.25) is 4.90 Å². The smallest absolute Gasteiger partial charge is 0.410 e. The van der Waals surface area contributed by atoms with Gasteiger partial charge in [0.1, 0.15) is 5.60 Å². The van der Waals surface area contributed by atoms with Crippen molar-refractivity contribution in [2.45, 2.75) is 97.2 Å². The molecule has 0 unspecified atom stereocenters. The zero-order valence-corrected chi connectivity index (χ0v) is 23.6. The number of ether oxygens (including phenoxy) is 1. The first-order valence-electron chi connectivity index (χ1n) is 14.7. The summed E-state index contributed by atoms with van der Waals surface area (Å²) in [5.74, 6) is 0. The summed E-state index contributed by atoms with van der Waals surface area (Å²) >= 11 is 0. The summed E-state index contributed by atoms with van der Waals surface area (Å²) in [7, 11) is 0. The van der Waals surface area contributed by atoms with Gasteiger partial charge in [-0.2, -0.15) is 0 Å². The van der Waals surface area contributed by atoms with E-state index < -0.39 is 5.60 Å². The average Bonchev–Trinajstić information content (AvgIpc) is 2.89. The van der Waals surface area contributed by atoms with Crippen molar-refractivity contribution in [3.05, 3.63) is 0 Å². The minimum absolute atomic E-state index is 0.164. The fourth-order valence-electron chi connectivity index (χ4n) is 6.08. The first-order valence-corrected chi connectivity index (χ1v) is 14.7. The average molecular weight is 494 g/mol. The Morgan fingerprint density at radius 3 is 1.49 bits per heavy atom. The van der Waals surface area contributed by atoms with E-state index >= 15 is 0 Å². The van der Waals surface area contributed by atoms with Crippen molar-refractivity contribution in [2.24, 2.45) is 0 Å². The molecule has 0 spiro atoms. The van der Waals surface area contributed by atoms with Crippen LogP contribution in [0, 0.1) is 0 Å². The molecule has 0 aliphatic carbocycles. The fourth-order valence-corrected chi connectivity index (χ4v) is 6.08. The van der Waals surface area contributed by atoms with Crippen molar-refractivity contribution in [1.29, 1.82) is 0 Å². The van der Waals surface area contributed by atoms with Crippen molar-refractivity contribution in [2.75, 3.05) is 78.5 Å². The Labute approximate surface area is 216 Å². The number of carbonyl (C=O) groups excluding carboxylic acids is 1. The second-order valence-corrected chi connectivity index (χ2v) is 11.9. The molecule has 0 N–H and O–H groups in total. The van der Waals surface area contributed by atoms with Crippen LogP contribution in [-0.4, -0.2) is 127 Å². The third-order valence-corrected chi connectivity index (χ3v) is 8.40. The number of piperazine rings is 1. The Hall–Kier alpha value is -0.890. The third-order valence-electron chi connectivity index (χ3n) is 8.40. The van der Waals surface area contributed by atoms with Crippen LogP contribution in [0.25, 0.3) is 0 Å². The van der Waals surface area contributed by atoms with Gasteiger partial charge in [0, 0.05) is 38.3 Å². The molecule has 35 heavy (non-hydrogen) atoms. The van der Waals surface area contributed by atoms with Gasteiger partial charge in [-0.05, 0) is 112 Å². The molecule has 4 rings (SSSR count). The van der Waals surface area contributed by atoms with E-state index in [1.165, 1.54) is 97.3 Å². The first-order chi connectivity index (χ1) is 16.8. The standard InChI is InChI=1S/C16H31N3O2.C12H24N2/c1-5-17-8-6-14(7-9-17)18-10-12-19(13-11-18)15(20)21-16(2,3)4;1-2-13-10-6-12(7-11-13)14-8-4-3-5-9-14/h14H,5-13H2,1-4H3;12H,2-11H2,1H3. The van der Waals surface area contributed by atoms with E-state index in [9.17, 15) is 4.79 Å². The lowest BCUT2D eigenvalue weighted by molar-refractivity contribution is 0.00596. The number of piperidine rings is 3. The van der Waals surface area contributed by atoms with Crippen molar-refractivity contribution < 1.29 is 9.53 Å². The molecule has 0 atom stereocenters. The highest BCUT2D eigenvalue weighted by molar-refractivity contribution is 5.68. The van der Waals surface area contributed by atoms with Gasteiger partial charge in [0.05, 0.1) is 0 Å². The predicted molar refractivity (Wildman–Crippen MR) is 145 cm³/mol. The van der Waals surface area contributed by atoms with Gasteiger partial charge in [0.2, 0.25) is 0 Å². The summed E-state index contributed by atoms with van der Waals surface area (Å²) in [6.45, 7) is 24.1. The molecule has 204 valence electrons. The highest BCUT2D eigenvalue weighted by atomic mass is 16.6. The third kappa shape index (κ3) is 9.49. The first kappa shape index (κ1) is 28.7. The highest BCUT2D eigenvalue weighted by Gasteiger charge is 2.30. The quantitative estimate of drug-likeness (QED) is 0.590. The largest absolute Gasteiger partial charge is 0.444 e. The zero-order valence-electron chi connectivity index (χ0n) is 23.6. The van der Waals surface area contributed by atoms with E-state index in [0.29, 0.717) is 6.04 Å². The molecule has 0 aromatic heterocycles. The molecule has 4 aliphatic heterocycles. The van der Waals surface area contributed by atoms with Crippen LogP contribution >= 0.6 is 0 Å². The Kier molecular flexibility index (Phi) is 11.6. The highest BCUT2D eigenvalue weighted by Crippen LogP contribution is 2.21. The summed E-state index contributed by atoms with van der Waals surface area (Å²) in [5.41, 5.74) is -0.402. The second-order valence-electron chi connectivity index (χ2n) is 11.9. The fraction of sp³-hybridized carbons (Fsp3) is 0.964. The maximum absolute atomic E-state index is 12.1. The van der Waals surface area contributed by atoms with Crippen molar-refractivity contribution in [3.8, 4) is 0 Å². The molecule has 7 nitrogen and oxygen atoms in total. The molecule has 4 heterocycles. The summed E-state index contributed by atoms with van der Waals surface area (Å²) in [5, 5.41) is 0. The van der Waals surface area contributed by atoms with Crippen LogP contribution in [0.4, 0.5) is 4.79 Å². The number of likely N-dealkylation sites (tertiary alicyclic amines) is 3. The number of hydrogen-bond acceptors (Lipinski definition) is 6. The Balaban J connectivity index is 0.000000211. The number of hydrogen-bond donors (Lipinski definition) is 0. The summed E-state index contributed by atoms with van der Waals surface area (Å²) in [6, 6.07) is 1.62. The molecule has 0 aromatic rings. The summed E-state index contributed by atoms with van der Waals surface area (Å²) in [4.78, 5) is 24.3. The van der Waals surface area contributed by atoms with E-state index in [0.717, 1.165) is 32.2 Å². The molecular formula is C28H55N5O2. The number of nitrogens with zero attached hydrogens (tertiary/aromatic N) is 5. The maximum Gasteiger partial charge on any atom is 0.410 e. The van der Waals surface area contributed by atoms with E-state index in [1.54, 1.807) is 0 Å².